The second-order valence-electron chi connectivity index (χ2n) is 3.92. The molecule has 0 fully saturated rings. The van der Waals surface area contributed by atoms with Gasteiger partial charge < -0.3 is 10.6 Å². The van der Waals surface area contributed by atoms with Crippen LogP contribution in [0.5, 0.6) is 0 Å². The number of nitrogens with one attached hydrogen (secondary N) is 2. The molecule has 2 amide bonds. The smallest absolute Gasteiger partial charge is 0.238 e. The number of carbonyl (C=O) groups excluding carboxylic acids is 2. The van der Waals surface area contributed by atoms with Crippen molar-refractivity contribution in [2.75, 3.05) is 13.0 Å². The van der Waals surface area contributed by atoms with Gasteiger partial charge in [-0.1, -0.05) is 26.7 Å². The molecule has 4 nitrogen and oxygen atoms in total. The highest BCUT2D eigenvalue weighted by molar-refractivity contribution is 6.10. The lowest BCUT2D eigenvalue weighted by molar-refractivity contribution is -0.128. The van der Waals surface area contributed by atoms with Gasteiger partial charge in [-0.25, -0.2) is 0 Å². The topological polar surface area (TPSA) is 58.2 Å². The summed E-state index contributed by atoms with van der Waals surface area (Å²) in [5.74, 6) is -0.0715. The Morgan fingerprint density at radius 1 is 1.25 bits per heavy atom. The van der Waals surface area contributed by atoms with Crippen molar-refractivity contribution in [1.82, 2.24) is 10.6 Å². The molecule has 0 aromatic carbocycles. The Morgan fingerprint density at radius 3 is 2.44 bits per heavy atom. The molecule has 2 N–H and O–H groups in total. The number of carbonyl (C=O) groups is 2. The van der Waals surface area contributed by atoms with Crippen LogP contribution in [0.1, 0.15) is 39.5 Å². The first kappa shape index (κ1) is 15.0. The van der Waals surface area contributed by atoms with E-state index in [2.05, 4.69) is 17.6 Å². The van der Waals surface area contributed by atoms with Gasteiger partial charge >= 0.3 is 0 Å². The van der Waals surface area contributed by atoms with E-state index in [1.165, 1.54) is 0 Å². The fraction of sp³-hybridized carbons (Fsp3) is 0.818. The predicted molar refractivity (Wildman–Crippen MR) is 67.9 cm³/mol. The molecule has 0 aliphatic rings. The number of hydrogen-bond donors (Lipinski definition) is 2. The first-order valence-corrected chi connectivity index (χ1v) is 6.20. The lowest BCUT2D eigenvalue weighted by Gasteiger charge is -2.14. The van der Waals surface area contributed by atoms with Crippen LogP contribution in [-0.2, 0) is 9.59 Å². The zero-order valence-corrected chi connectivity index (χ0v) is 10.6. The summed E-state index contributed by atoms with van der Waals surface area (Å²) in [6, 6.07) is 0. The largest absolute Gasteiger partial charge is 0.363 e. The molecule has 1 unspecified atom stereocenters. The molecule has 0 radical (unpaired) electrons. The fourth-order valence-corrected chi connectivity index (χ4v) is 1.54. The van der Waals surface area contributed by atoms with E-state index in [1.54, 1.807) is 0 Å². The molecule has 0 spiro atoms. The monoisotopic (exact) mass is 226 g/mol. The Hall–Kier alpha value is -0.995. The lowest BCUT2D eigenvalue weighted by atomic mass is 9.98. The molecule has 0 aromatic heterocycles. The quantitative estimate of drug-likeness (QED) is 0.573. The van der Waals surface area contributed by atoms with Gasteiger partial charge in [-0.2, -0.15) is 0 Å². The Bertz CT molecular complexity index is 222. The zero-order valence-electron chi connectivity index (χ0n) is 10.6. The SMILES string of the molecule is BCNC(=O)CNC(=O)C(CC)CCCC. The third kappa shape index (κ3) is 6.48. The van der Waals surface area contributed by atoms with Crippen molar-refractivity contribution in [1.29, 1.82) is 0 Å². The summed E-state index contributed by atoms with van der Waals surface area (Å²) in [6.45, 7) is 4.21. The third-order valence-corrected chi connectivity index (χ3v) is 2.57. The average Bonchev–Trinajstić information content (AvgIpc) is 2.28. The molecule has 5 heteroatoms. The van der Waals surface area contributed by atoms with Gasteiger partial charge in [-0.05, 0) is 19.3 Å². The molecular formula is C11H23BN2O2. The van der Waals surface area contributed by atoms with Crippen LogP contribution in [0.2, 0.25) is 0 Å². The van der Waals surface area contributed by atoms with Crippen LogP contribution in [0.4, 0.5) is 0 Å². The minimum Gasteiger partial charge on any atom is -0.363 e. The van der Waals surface area contributed by atoms with Crippen LogP contribution in [0.25, 0.3) is 0 Å². The Balaban J connectivity index is 3.87. The van der Waals surface area contributed by atoms with Crippen LogP contribution in [0.3, 0.4) is 0 Å². The first-order valence-electron chi connectivity index (χ1n) is 6.20. The highest BCUT2D eigenvalue weighted by atomic mass is 16.2. The summed E-state index contributed by atoms with van der Waals surface area (Å²) in [4.78, 5) is 22.8. The third-order valence-electron chi connectivity index (χ3n) is 2.57. The van der Waals surface area contributed by atoms with Gasteiger partial charge in [0.15, 0.2) is 0 Å². The Kier molecular flexibility index (Phi) is 8.67. The molecule has 16 heavy (non-hydrogen) atoms. The van der Waals surface area contributed by atoms with Gasteiger partial charge in [0.05, 0.1) is 6.54 Å². The van der Waals surface area contributed by atoms with E-state index in [0.717, 1.165) is 25.7 Å². The number of unbranched alkanes of at least 4 members (excludes halogenated alkanes) is 1. The van der Waals surface area contributed by atoms with Crippen molar-refractivity contribution in [3.63, 3.8) is 0 Å². The van der Waals surface area contributed by atoms with Gasteiger partial charge in [0.1, 0.15) is 7.85 Å². The highest BCUT2D eigenvalue weighted by Crippen LogP contribution is 2.12. The lowest BCUT2D eigenvalue weighted by Crippen LogP contribution is -2.39. The van der Waals surface area contributed by atoms with Crippen molar-refractivity contribution < 1.29 is 9.59 Å². The van der Waals surface area contributed by atoms with E-state index in [1.807, 2.05) is 14.8 Å². The highest BCUT2D eigenvalue weighted by Gasteiger charge is 2.15. The van der Waals surface area contributed by atoms with E-state index in [-0.39, 0.29) is 24.3 Å². The van der Waals surface area contributed by atoms with Gasteiger partial charge in [0.2, 0.25) is 11.8 Å². The fourth-order valence-electron chi connectivity index (χ4n) is 1.54. The predicted octanol–water partition coefficient (Wildman–Crippen LogP) is 0.0258. The van der Waals surface area contributed by atoms with Gasteiger partial charge in [0, 0.05) is 5.92 Å². The molecule has 0 aliphatic heterocycles. The van der Waals surface area contributed by atoms with Crippen molar-refractivity contribution in [3.8, 4) is 0 Å². The van der Waals surface area contributed by atoms with Crippen molar-refractivity contribution in [2.45, 2.75) is 39.5 Å². The molecule has 92 valence electrons. The van der Waals surface area contributed by atoms with E-state index in [4.69, 9.17) is 0 Å². The molecule has 0 saturated carbocycles. The summed E-state index contributed by atoms with van der Waals surface area (Å²) in [6.07, 6.45) is 4.50. The van der Waals surface area contributed by atoms with Gasteiger partial charge in [-0.15, -0.1) is 0 Å². The maximum atomic E-state index is 11.7. The van der Waals surface area contributed by atoms with E-state index >= 15 is 0 Å². The summed E-state index contributed by atoms with van der Waals surface area (Å²) in [5.41, 5.74) is 0. The molecule has 0 saturated heterocycles. The molecule has 0 aromatic rings. The molecule has 0 heterocycles. The number of rotatable bonds is 8. The van der Waals surface area contributed by atoms with Crippen LogP contribution in [-0.4, -0.2) is 32.6 Å². The standard InChI is InChI=1S/C11H23BN2O2/c1-3-5-6-9(4-2)11(16)13-7-10(15)14-8-12/h9H,3-8,12H2,1-2H3,(H,13,16)(H,14,15). The van der Waals surface area contributed by atoms with Crippen LogP contribution in [0, 0.1) is 5.92 Å². The molecule has 1 atom stereocenters. The van der Waals surface area contributed by atoms with E-state index in [9.17, 15) is 9.59 Å². The summed E-state index contributed by atoms with van der Waals surface area (Å²) in [7, 11) is 1.86. The molecule has 0 aliphatic carbocycles. The second-order valence-corrected chi connectivity index (χ2v) is 3.92. The minimum absolute atomic E-state index is 0.00204. The van der Waals surface area contributed by atoms with Crippen LogP contribution in [0.15, 0.2) is 0 Å². The van der Waals surface area contributed by atoms with E-state index < -0.39 is 0 Å². The maximum absolute atomic E-state index is 11.7. The zero-order chi connectivity index (χ0) is 12.4. The van der Waals surface area contributed by atoms with Gasteiger partial charge in [-0.3, -0.25) is 9.59 Å². The van der Waals surface area contributed by atoms with Crippen molar-refractivity contribution in [2.24, 2.45) is 5.92 Å². The Morgan fingerprint density at radius 2 is 1.94 bits per heavy atom. The maximum Gasteiger partial charge on any atom is 0.238 e. The van der Waals surface area contributed by atoms with Gasteiger partial charge in [0.25, 0.3) is 0 Å². The number of hydrogen-bond acceptors (Lipinski definition) is 2. The van der Waals surface area contributed by atoms with Crippen LogP contribution < -0.4 is 10.6 Å². The summed E-state index contributed by atoms with van der Waals surface area (Å²) in [5, 5.41) is 5.32. The first-order chi connectivity index (χ1) is 7.65. The minimum atomic E-state index is -0.124. The number of amides is 2. The van der Waals surface area contributed by atoms with Crippen molar-refractivity contribution in [3.05, 3.63) is 0 Å². The van der Waals surface area contributed by atoms with Crippen LogP contribution >= 0.6 is 0 Å². The van der Waals surface area contributed by atoms with E-state index in [0.29, 0.717) is 6.44 Å². The average molecular weight is 226 g/mol. The van der Waals surface area contributed by atoms with Crippen molar-refractivity contribution >= 4 is 19.7 Å². The second kappa shape index (κ2) is 9.25. The summed E-state index contributed by atoms with van der Waals surface area (Å²) < 4.78 is 0. The molecule has 0 rings (SSSR count). The summed E-state index contributed by atoms with van der Waals surface area (Å²) >= 11 is 0. The molecular weight excluding hydrogens is 203 g/mol. The normalized spacial score (nSPS) is 11.9. The molecule has 0 bridgehead atoms. The Labute approximate surface area is 99.0 Å².